The highest BCUT2D eigenvalue weighted by Crippen LogP contribution is 2.33. The second-order valence-electron chi connectivity index (χ2n) is 9.68. The van der Waals surface area contributed by atoms with E-state index in [9.17, 15) is 9.90 Å². The predicted octanol–water partition coefficient (Wildman–Crippen LogP) is 3.45. The highest BCUT2D eigenvalue weighted by atomic mass is 16.6. The molecule has 3 aliphatic heterocycles. The van der Waals surface area contributed by atoms with Gasteiger partial charge in [-0.3, -0.25) is 4.79 Å². The van der Waals surface area contributed by atoms with Gasteiger partial charge in [0.15, 0.2) is 11.5 Å². The molecule has 7 nitrogen and oxygen atoms in total. The van der Waals surface area contributed by atoms with Crippen LogP contribution in [0, 0.1) is 5.92 Å². The average Bonchev–Trinajstić information content (AvgIpc) is 3.36. The maximum Gasteiger partial charge on any atom is 0.220 e. The number of aliphatic hydroxyl groups is 1. The van der Waals surface area contributed by atoms with Crippen molar-refractivity contribution in [3.63, 3.8) is 0 Å². The zero-order chi connectivity index (χ0) is 22.9. The molecule has 0 saturated carbocycles. The Labute approximate surface area is 197 Å². The number of fused-ring (bicyclic) bond motifs is 1. The number of hydrogen-bond acceptors (Lipinski definition) is 6. The Bertz CT molecular complexity index is 746. The maximum atomic E-state index is 12.8. The molecule has 33 heavy (non-hydrogen) atoms. The van der Waals surface area contributed by atoms with Crippen LogP contribution in [0.25, 0.3) is 0 Å². The number of carbonyl (C=O) groups is 1. The number of nitrogens with zero attached hydrogens (tertiary/aromatic N) is 1. The summed E-state index contributed by atoms with van der Waals surface area (Å²) in [5, 5.41) is 14.3. The number of unbranched alkanes of at least 4 members (excludes halogenated alkanes) is 2. The predicted molar refractivity (Wildman–Crippen MR) is 127 cm³/mol. The van der Waals surface area contributed by atoms with Crippen molar-refractivity contribution in [3.8, 4) is 11.5 Å². The molecular weight excluding hydrogens is 420 g/mol. The standard InChI is InChI=1S/C26H40N2O5/c29-25(7-3-1-2-6-20-10-14-31-15-11-20)27-22(19-28-12-4-5-13-28)26(30)21-8-9-23-24(18-21)33-17-16-32-23/h8-9,18,20,22,26,30H,1-7,10-17,19H2,(H,27,29). The maximum absolute atomic E-state index is 12.8. The van der Waals surface area contributed by atoms with E-state index in [0.717, 1.165) is 50.6 Å². The van der Waals surface area contributed by atoms with E-state index >= 15 is 0 Å². The molecule has 1 aromatic rings. The lowest BCUT2D eigenvalue weighted by atomic mass is 9.93. The number of hydrogen-bond donors (Lipinski definition) is 2. The van der Waals surface area contributed by atoms with Crippen molar-refractivity contribution in [1.82, 2.24) is 10.2 Å². The van der Waals surface area contributed by atoms with Crippen molar-refractivity contribution in [2.45, 2.75) is 69.9 Å². The van der Waals surface area contributed by atoms with Crippen molar-refractivity contribution < 1.29 is 24.1 Å². The highest BCUT2D eigenvalue weighted by Gasteiger charge is 2.27. The summed E-state index contributed by atoms with van der Waals surface area (Å²) >= 11 is 0. The van der Waals surface area contributed by atoms with E-state index in [1.807, 2.05) is 18.2 Å². The summed E-state index contributed by atoms with van der Waals surface area (Å²) in [7, 11) is 0. The molecule has 0 aliphatic carbocycles. The van der Waals surface area contributed by atoms with Crippen LogP contribution in [-0.4, -0.2) is 68.0 Å². The summed E-state index contributed by atoms with van der Waals surface area (Å²) in [6, 6.07) is 5.22. The summed E-state index contributed by atoms with van der Waals surface area (Å²) in [5.41, 5.74) is 0.750. The van der Waals surface area contributed by atoms with E-state index in [0.29, 0.717) is 37.7 Å². The van der Waals surface area contributed by atoms with Crippen LogP contribution in [0.1, 0.15) is 69.5 Å². The van der Waals surface area contributed by atoms with Crippen LogP contribution in [0.4, 0.5) is 0 Å². The van der Waals surface area contributed by atoms with Gasteiger partial charge in [-0.15, -0.1) is 0 Å². The first-order valence-electron chi connectivity index (χ1n) is 12.9. The Hall–Kier alpha value is -1.83. The topological polar surface area (TPSA) is 80.3 Å². The molecule has 0 aromatic heterocycles. The van der Waals surface area contributed by atoms with Crippen LogP contribution in [0.3, 0.4) is 0 Å². The van der Waals surface area contributed by atoms with E-state index in [1.165, 1.54) is 38.5 Å². The van der Waals surface area contributed by atoms with Gasteiger partial charge in [0, 0.05) is 26.2 Å². The molecule has 2 atom stereocenters. The van der Waals surface area contributed by atoms with E-state index in [-0.39, 0.29) is 11.9 Å². The first-order chi connectivity index (χ1) is 16.2. The van der Waals surface area contributed by atoms with Gasteiger partial charge >= 0.3 is 0 Å². The first-order valence-corrected chi connectivity index (χ1v) is 12.9. The molecule has 0 radical (unpaired) electrons. The van der Waals surface area contributed by atoms with Crippen molar-refractivity contribution in [1.29, 1.82) is 0 Å². The lowest BCUT2D eigenvalue weighted by Crippen LogP contribution is -2.46. The van der Waals surface area contributed by atoms with E-state index in [1.54, 1.807) is 0 Å². The zero-order valence-corrected chi connectivity index (χ0v) is 19.8. The van der Waals surface area contributed by atoms with Gasteiger partial charge in [0.1, 0.15) is 19.3 Å². The summed E-state index contributed by atoms with van der Waals surface area (Å²) in [6.07, 6.45) is 8.81. The largest absolute Gasteiger partial charge is 0.486 e. The molecule has 2 saturated heterocycles. The fourth-order valence-corrected chi connectivity index (χ4v) is 5.15. The third-order valence-corrected chi connectivity index (χ3v) is 7.15. The molecule has 2 N–H and O–H groups in total. The minimum Gasteiger partial charge on any atom is -0.486 e. The summed E-state index contributed by atoms with van der Waals surface area (Å²) in [6.45, 7) is 5.55. The van der Waals surface area contributed by atoms with Gasteiger partial charge in [0.2, 0.25) is 5.91 Å². The molecule has 0 bridgehead atoms. The first kappa shape index (κ1) is 24.3. The second-order valence-corrected chi connectivity index (χ2v) is 9.68. The number of benzene rings is 1. The molecule has 1 aromatic carbocycles. The Morgan fingerprint density at radius 1 is 1.03 bits per heavy atom. The molecule has 7 heteroatoms. The SMILES string of the molecule is O=C(CCCCCC1CCOCC1)NC(CN1CCCC1)C(O)c1ccc2c(c1)OCCO2. The fraction of sp³-hybridized carbons (Fsp3) is 0.731. The zero-order valence-electron chi connectivity index (χ0n) is 19.8. The molecule has 184 valence electrons. The number of nitrogens with one attached hydrogen (secondary N) is 1. The average molecular weight is 461 g/mol. The number of carbonyl (C=O) groups excluding carboxylic acids is 1. The fourth-order valence-electron chi connectivity index (χ4n) is 5.15. The van der Waals surface area contributed by atoms with Gasteiger partial charge in [-0.1, -0.05) is 25.3 Å². The van der Waals surface area contributed by atoms with Crippen LogP contribution in [0.15, 0.2) is 18.2 Å². The van der Waals surface area contributed by atoms with Crippen molar-refractivity contribution >= 4 is 5.91 Å². The third kappa shape index (κ3) is 7.33. The highest BCUT2D eigenvalue weighted by molar-refractivity contribution is 5.76. The van der Waals surface area contributed by atoms with Gasteiger partial charge < -0.3 is 29.5 Å². The van der Waals surface area contributed by atoms with Crippen molar-refractivity contribution in [2.75, 3.05) is 46.1 Å². The second kappa shape index (κ2) is 12.6. The lowest BCUT2D eigenvalue weighted by molar-refractivity contribution is -0.123. The molecule has 4 rings (SSSR count). The smallest absolute Gasteiger partial charge is 0.220 e. The Morgan fingerprint density at radius 2 is 1.79 bits per heavy atom. The van der Waals surface area contributed by atoms with Crippen LogP contribution >= 0.6 is 0 Å². The lowest BCUT2D eigenvalue weighted by Gasteiger charge is -2.29. The summed E-state index contributed by atoms with van der Waals surface area (Å²) < 4.78 is 16.7. The van der Waals surface area contributed by atoms with Gasteiger partial charge in [0.05, 0.1) is 6.04 Å². The Kier molecular flexibility index (Phi) is 9.26. The van der Waals surface area contributed by atoms with Gasteiger partial charge in [0.25, 0.3) is 0 Å². The molecule has 0 spiro atoms. The number of amides is 1. The van der Waals surface area contributed by atoms with Crippen LogP contribution in [0.2, 0.25) is 0 Å². The molecule has 3 aliphatic rings. The number of aliphatic hydroxyl groups excluding tert-OH is 1. The molecular formula is C26H40N2O5. The minimum atomic E-state index is -0.793. The monoisotopic (exact) mass is 460 g/mol. The van der Waals surface area contributed by atoms with Crippen LogP contribution < -0.4 is 14.8 Å². The Morgan fingerprint density at radius 3 is 2.58 bits per heavy atom. The number of likely N-dealkylation sites (tertiary alicyclic amines) is 1. The molecule has 2 fully saturated rings. The van der Waals surface area contributed by atoms with Gasteiger partial charge in [-0.25, -0.2) is 0 Å². The number of ether oxygens (including phenoxy) is 3. The summed E-state index contributed by atoms with van der Waals surface area (Å²) in [4.78, 5) is 15.1. The van der Waals surface area contributed by atoms with E-state index in [2.05, 4.69) is 10.2 Å². The minimum absolute atomic E-state index is 0.0295. The van der Waals surface area contributed by atoms with Crippen LogP contribution in [-0.2, 0) is 9.53 Å². The quantitative estimate of drug-likeness (QED) is 0.493. The normalized spacial score (nSPS) is 21.0. The number of rotatable bonds is 11. The van der Waals surface area contributed by atoms with Gasteiger partial charge in [-0.2, -0.15) is 0 Å². The molecule has 3 heterocycles. The van der Waals surface area contributed by atoms with E-state index in [4.69, 9.17) is 14.2 Å². The molecule has 1 amide bonds. The van der Waals surface area contributed by atoms with Crippen LogP contribution in [0.5, 0.6) is 11.5 Å². The summed E-state index contributed by atoms with van der Waals surface area (Å²) in [5.74, 6) is 2.19. The molecule has 2 unspecified atom stereocenters. The van der Waals surface area contributed by atoms with Gasteiger partial charge in [-0.05, 0) is 68.8 Å². The van der Waals surface area contributed by atoms with Crippen molar-refractivity contribution in [3.05, 3.63) is 23.8 Å². The van der Waals surface area contributed by atoms with Crippen molar-refractivity contribution in [2.24, 2.45) is 5.92 Å². The Balaban J connectivity index is 1.27. The van der Waals surface area contributed by atoms with E-state index < -0.39 is 6.10 Å². The third-order valence-electron chi connectivity index (χ3n) is 7.15.